The number of aryl methyl sites for hydroxylation is 1. The number of esters is 1. The minimum absolute atomic E-state index is 0. The minimum atomic E-state index is -0.672. The molecule has 1 amide bonds. The maximum Gasteiger partial charge on any atom is 1.00 e. The van der Waals surface area contributed by atoms with Crippen molar-refractivity contribution >= 4 is 34.4 Å². The second kappa shape index (κ2) is 15.2. The van der Waals surface area contributed by atoms with Gasteiger partial charge in [0.05, 0.1) is 17.7 Å². The summed E-state index contributed by atoms with van der Waals surface area (Å²) in [5.41, 5.74) is 3.83. The van der Waals surface area contributed by atoms with Crippen LogP contribution in [0.1, 0.15) is 55.5 Å². The fourth-order valence-corrected chi connectivity index (χ4v) is 5.40. The zero-order chi connectivity index (χ0) is 29.6. The molecule has 43 heavy (non-hydrogen) atoms. The molecule has 5 aromatic rings. The summed E-state index contributed by atoms with van der Waals surface area (Å²) in [4.78, 5) is 31.9. The predicted molar refractivity (Wildman–Crippen MR) is 160 cm³/mol. The van der Waals surface area contributed by atoms with Crippen molar-refractivity contribution in [2.75, 3.05) is 19.7 Å². The van der Waals surface area contributed by atoms with E-state index in [-0.39, 0.29) is 74.7 Å². The zero-order valence-electron chi connectivity index (χ0n) is 24.9. The molecule has 0 aliphatic heterocycles. The quantitative estimate of drug-likeness (QED) is 0.166. The van der Waals surface area contributed by atoms with Crippen molar-refractivity contribution in [3.63, 3.8) is 0 Å². The molecule has 3 aromatic heterocycles. The van der Waals surface area contributed by atoms with Gasteiger partial charge in [-0.3, -0.25) is 4.79 Å². The molecule has 0 aliphatic carbocycles. The van der Waals surface area contributed by atoms with Crippen molar-refractivity contribution in [2.45, 2.75) is 46.6 Å². The standard InChI is InChI=1S/C30H33ClN8O3.K/c1-4-7-15-25-32-28(31)27(30(41)42-19-26(40)37(5-2)6-3)39(25)18-20-11-10-14-23-21(20)16-17-38(23)24-13-9-8-12-22(24)29-33-35-36-34-29;/h8-14,16-17H,4-7,15,18-19H2,1-3H3,(H,33,34,35,36);/q;+1. The number of imidazole rings is 1. The van der Waals surface area contributed by atoms with Crippen LogP contribution in [0.2, 0.25) is 5.15 Å². The van der Waals surface area contributed by atoms with E-state index >= 15 is 0 Å². The molecule has 0 radical (unpaired) electrons. The summed E-state index contributed by atoms with van der Waals surface area (Å²) in [5.74, 6) is 0.270. The maximum atomic E-state index is 13.3. The van der Waals surface area contributed by atoms with Crippen LogP contribution in [0.3, 0.4) is 0 Å². The summed E-state index contributed by atoms with van der Waals surface area (Å²) in [6.07, 6.45) is 4.49. The molecule has 0 atom stereocenters. The first-order chi connectivity index (χ1) is 20.5. The number of para-hydroxylation sites is 1. The van der Waals surface area contributed by atoms with E-state index in [0.29, 0.717) is 37.7 Å². The molecule has 0 aliphatic rings. The summed E-state index contributed by atoms with van der Waals surface area (Å²) in [6.45, 7) is 6.93. The van der Waals surface area contributed by atoms with Crippen LogP contribution in [0.15, 0.2) is 54.7 Å². The van der Waals surface area contributed by atoms with Crippen molar-refractivity contribution in [3.8, 4) is 17.1 Å². The van der Waals surface area contributed by atoms with Crippen LogP contribution in [-0.4, -0.2) is 71.2 Å². The van der Waals surface area contributed by atoms with Gasteiger partial charge in [-0.05, 0) is 55.3 Å². The van der Waals surface area contributed by atoms with Crippen LogP contribution in [-0.2, 0) is 22.5 Å². The van der Waals surface area contributed by atoms with Gasteiger partial charge in [0, 0.05) is 36.7 Å². The first-order valence-electron chi connectivity index (χ1n) is 14.1. The van der Waals surface area contributed by atoms with Gasteiger partial charge >= 0.3 is 57.4 Å². The van der Waals surface area contributed by atoms with Crippen LogP contribution in [0, 0.1) is 0 Å². The van der Waals surface area contributed by atoms with Gasteiger partial charge in [-0.15, -0.1) is 10.2 Å². The molecule has 0 fully saturated rings. The number of H-pyrrole nitrogens is 1. The third-order valence-electron chi connectivity index (χ3n) is 7.30. The number of aromatic nitrogens is 7. The van der Waals surface area contributed by atoms with Gasteiger partial charge in [0.15, 0.2) is 17.5 Å². The van der Waals surface area contributed by atoms with Crippen LogP contribution in [0.5, 0.6) is 0 Å². The number of fused-ring (bicyclic) bond motifs is 1. The molecule has 0 bridgehead atoms. The number of carbonyl (C=O) groups is 2. The van der Waals surface area contributed by atoms with Crippen molar-refractivity contribution in [2.24, 2.45) is 0 Å². The number of aromatic amines is 1. The summed E-state index contributed by atoms with van der Waals surface area (Å²) >= 11 is 6.54. The number of nitrogens with zero attached hydrogens (tertiary/aromatic N) is 7. The van der Waals surface area contributed by atoms with E-state index < -0.39 is 5.97 Å². The number of amides is 1. The second-order valence-corrected chi connectivity index (χ2v) is 10.1. The minimum Gasteiger partial charge on any atom is -0.451 e. The summed E-state index contributed by atoms with van der Waals surface area (Å²) in [7, 11) is 0. The molecule has 218 valence electrons. The van der Waals surface area contributed by atoms with E-state index in [1.807, 2.05) is 73.1 Å². The number of hydrogen-bond donors (Lipinski definition) is 1. The molecular formula is C30H33ClKN8O3+. The molecule has 0 saturated heterocycles. The van der Waals surface area contributed by atoms with Gasteiger partial charge < -0.3 is 18.8 Å². The third-order valence-corrected chi connectivity index (χ3v) is 7.56. The fraction of sp³-hybridized carbons (Fsp3) is 0.333. The number of halogens is 1. The van der Waals surface area contributed by atoms with Crippen LogP contribution < -0.4 is 51.4 Å². The molecule has 0 saturated carbocycles. The number of carbonyl (C=O) groups excluding carboxylic acids is 2. The maximum absolute atomic E-state index is 13.3. The normalized spacial score (nSPS) is 11.0. The van der Waals surface area contributed by atoms with E-state index in [4.69, 9.17) is 16.3 Å². The van der Waals surface area contributed by atoms with E-state index in [0.717, 1.165) is 40.6 Å². The molecule has 13 heteroatoms. The SMILES string of the molecule is CCCCc1nc(Cl)c(C(=O)OCC(=O)N(CC)CC)n1Cc1cccc2c1ccn2-c1ccccc1-c1nn[nH]n1.[K+]. The predicted octanol–water partition coefficient (Wildman–Crippen LogP) is 2.08. The van der Waals surface area contributed by atoms with Gasteiger partial charge in [0.1, 0.15) is 5.82 Å². The Morgan fingerprint density at radius 2 is 1.84 bits per heavy atom. The number of ether oxygens (including phenoxy) is 1. The molecule has 1 N–H and O–H groups in total. The van der Waals surface area contributed by atoms with Crippen molar-refractivity contribution in [1.29, 1.82) is 0 Å². The summed E-state index contributed by atoms with van der Waals surface area (Å²) < 4.78 is 9.35. The fourth-order valence-electron chi connectivity index (χ4n) is 5.12. The first kappa shape index (κ1) is 33.0. The molecule has 2 aromatic carbocycles. The Labute approximate surface area is 297 Å². The molecule has 11 nitrogen and oxygen atoms in total. The third kappa shape index (κ3) is 7.10. The van der Waals surface area contributed by atoms with E-state index in [1.54, 1.807) is 4.90 Å². The average molecular weight is 628 g/mol. The topological polar surface area (TPSA) is 124 Å². The van der Waals surface area contributed by atoms with Crippen LogP contribution in [0.4, 0.5) is 0 Å². The number of hydrogen-bond acceptors (Lipinski definition) is 7. The van der Waals surface area contributed by atoms with Gasteiger partial charge in [-0.1, -0.05) is 49.2 Å². The smallest absolute Gasteiger partial charge is 0.451 e. The molecule has 0 unspecified atom stereocenters. The van der Waals surface area contributed by atoms with Gasteiger partial charge in [-0.2, -0.15) is 5.21 Å². The molecule has 5 rings (SSSR count). The Morgan fingerprint density at radius 1 is 1.05 bits per heavy atom. The first-order valence-corrected chi connectivity index (χ1v) is 14.5. The Hall–Kier alpha value is -2.87. The van der Waals surface area contributed by atoms with Crippen LogP contribution >= 0.6 is 11.6 Å². The molecule has 3 heterocycles. The number of benzene rings is 2. The largest absolute Gasteiger partial charge is 1.00 e. The van der Waals surface area contributed by atoms with Crippen LogP contribution in [0.25, 0.3) is 28.0 Å². The number of likely N-dealkylation sites (N-methyl/N-ethyl adjacent to an activating group) is 1. The van der Waals surface area contributed by atoms with Crippen molar-refractivity contribution in [1.82, 2.24) is 39.6 Å². The van der Waals surface area contributed by atoms with Gasteiger partial charge in [-0.25, -0.2) is 9.78 Å². The Balaban J connectivity index is 0.00000423. The monoisotopic (exact) mass is 627 g/mol. The Bertz CT molecular complexity index is 1690. The average Bonchev–Trinajstić information content (AvgIpc) is 3.75. The van der Waals surface area contributed by atoms with Crippen molar-refractivity contribution < 1.29 is 65.7 Å². The number of nitrogens with one attached hydrogen (secondary N) is 1. The molecule has 0 spiro atoms. The number of tetrazole rings is 1. The molecular weight excluding hydrogens is 595 g/mol. The second-order valence-electron chi connectivity index (χ2n) is 9.79. The Kier molecular flexibility index (Phi) is 11.7. The Morgan fingerprint density at radius 3 is 2.56 bits per heavy atom. The zero-order valence-corrected chi connectivity index (χ0v) is 28.8. The van der Waals surface area contributed by atoms with Gasteiger partial charge in [0.25, 0.3) is 5.91 Å². The van der Waals surface area contributed by atoms with Crippen molar-refractivity contribution in [3.05, 3.63) is 77.0 Å². The van der Waals surface area contributed by atoms with E-state index in [1.165, 1.54) is 0 Å². The summed E-state index contributed by atoms with van der Waals surface area (Å²) in [5, 5.41) is 15.6. The van der Waals surface area contributed by atoms with E-state index in [2.05, 4.69) is 37.1 Å². The van der Waals surface area contributed by atoms with Gasteiger partial charge in [0.2, 0.25) is 5.82 Å². The van der Waals surface area contributed by atoms with E-state index in [9.17, 15) is 9.59 Å². The summed E-state index contributed by atoms with van der Waals surface area (Å²) in [6, 6.07) is 15.9. The number of unbranched alkanes of at least 4 members (excludes halogenated alkanes) is 1. The number of rotatable bonds is 12.